The summed E-state index contributed by atoms with van der Waals surface area (Å²) in [5.41, 5.74) is 6.28. The molecule has 1 aliphatic carbocycles. The summed E-state index contributed by atoms with van der Waals surface area (Å²) in [5, 5.41) is 17.3. The second-order valence-corrected chi connectivity index (χ2v) is 5.83. The molecule has 0 bridgehead atoms. The van der Waals surface area contributed by atoms with Gasteiger partial charge in [-0.05, 0) is 41.5 Å². The first-order chi connectivity index (χ1) is 11.6. The molecule has 0 unspecified atom stereocenters. The van der Waals surface area contributed by atoms with Crippen molar-refractivity contribution in [2.75, 3.05) is 18.4 Å². The molecule has 3 rings (SSSR count). The van der Waals surface area contributed by atoms with Gasteiger partial charge in [-0.3, -0.25) is 9.59 Å². The highest BCUT2D eigenvalue weighted by molar-refractivity contribution is 6.32. The molecule has 1 fully saturated rings. The molecule has 1 aromatic heterocycles. The molecule has 2 aromatic rings. The third-order valence-corrected chi connectivity index (χ3v) is 3.85. The Morgan fingerprint density at radius 2 is 2.08 bits per heavy atom. The van der Waals surface area contributed by atoms with Gasteiger partial charge in [-0.25, -0.2) is 0 Å². The highest BCUT2D eigenvalue weighted by Crippen LogP contribution is 2.39. The standard InChI is InChI=1S/C14H16ClN7O2.ClH/c15-10-4-3-9(18-13(24)7-17-12(23)6-16)5-11(10)22-14(8-1-2-8)19-20-21-22;/h3-5,8H,1-2,6-7,16H2,(H,17,23)(H,18,24);1H. The maximum Gasteiger partial charge on any atom is 0.243 e. The minimum atomic E-state index is -0.398. The molecule has 0 spiro atoms. The number of anilines is 1. The Kier molecular flexibility index (Phi) is 6.29. The maximum atomic E-state index is 11.9. The fraction of sp³-hybridized carbons (Fsp3) is 0.357. The van der Waals surface area contributed by atoms with E-state index >= 15 is 0 Å². The number of hydrogen-bond donors (Lipinski definition) is 3. The van der Waals surface area contributed by atoms with E-state index in [9.17, 15) is 9.59 Å². The first-order valence-corrected chi connectivity index (χ1v) is 7.81. The van der Waals surface area contributed by atoms with Crippen molar-refractivity contribution in [1.29, 1.82) is 0 Å². The van der Waals surface area contributed by atoms with Crippen LogP contribution in [0.15, 0.2) is 18.2 Å². The van der Waals surface area contributed by atoms with Crippen LogP contribution in [0.5, 0.6) is 0 Å². The molecule has 0 atom stereocenters. The van der Waals surface area contributed by atoms with E-state index in [-0.39, 0.29) is 31.4 Å². The van der Waals surface area contributed by atoms with Crippen LogP contribution in [-0.2, 0) is 9.59 Å². The number of amides is 2. The number of benzene rings is 1. The lowest BCUT2D eigenvalue weighted by molar-refractivity contribution is -0.123. The number of tetrazole rings is 1. The van der Waals surface area contributed by atoms with Gasteiger partial charge in [-0.15, -0.1) is 17.5 Å². The van der Waals surface area contributed by atoms with Crippen molar-refractivity contribution in [3.05, 3.63) is 29.0 Å². The number of halogens is 2. The molecule has 134 valence electrons. The molecule has 25 heavy (non-hydrogen) atoms. The molecular formula is C14H17Cl2N7O2. The van der Waals surface area contributed by atoms with Crippen LogP contribution in [0.3, 0.4) is 0 Å². The van der Waals surface area contributed by atoms with Crippen LogP contribution in [0, 0.1) is 0 Å². The van der Waals surface area contributed by atoms with Crippen molar-refractivity contribution in [2.24, 2.45) is 5.73 Å². The number of aromatic nitrogens is 4. The van der Waals surface area contributed by atoms with Gasteiger partial charge in [0.1, 0.15) is 0 Å². The highest BCUT2D eigenvalue weighted by atomic mass is 35.5. The predicted molar refractivity (Wildman–Crippen MR) is 94.1 cm³/mol. The van der Waals surface area contributed by atoms with Gasteiger partial charge in [-0.1, -0.05) is 11.6 Å². The number of nitrogens with zero attached hydrogens (tertiary/aromatic N) is 4. The van der Waals surface area contributed by atoms with Gasteiger partial charge in [0.15, 0.2) is 5.82 Å². The van der Waals surface area contributed by atoms with E-state index in [1.165, 1.54) is 0 Å². The zero-order valence-corrected chi connectivity index (χ0v) is 14.7. The Bertz CT molecular complexity index is 776. The lowest BCUT2D eigenvalue weighted by atomic mass is 10.2. The smallest absolute Gasteiger partial charge is 0.243 e. The molecule has 0 aliphatic heterocycles. The Balaban J connectivity index is 0.00000225. The number of rotatable bonds is 6. The molecule has 1 aliphatic rings. The first kappa shape index (κ1) is 19.1. The molecule has 1 heterocycles. The van der Waals surface area contributed by atoms with Crippen LogP contribution in [0.1, 0.15) is 24.6 Å². The van der Waals surface area contributed by atoms with Crippen LogP contribution in [0.4, 0.5) is 5.69 Å². The average Bonchev–Trinajstić information content (AvgIpc) is 3.31. The van der Waals surface area contributed by atoms with Crippen molar-refractivity contribution in [2.45, 2.75) is 18.8 Å². The molecule has 9 nitrogen and oxygen atoms in total. The number of carbonyl (C=O) groups is 2. The van der Waals surface area contributed by atoms with Gasteiger partial charge in [-0.2, -0.15) is 4.68 Å². The Labute approximate surface area is 154 Å². The molecule has 11 heteroatoms. The zero-order chi connectivity index (χ0) is 17.1. The Morgan fingerprint density at radius 3 is 2.76 bits per heavy atom. The summed E-state index contributed by atoms with van der Waals surface area (Å²) < 4.78 is 1.59. The van der Waals surface area contributed by atoms with E-state index < -0.39 is 5.91 Å². The van der Waals surface area contributed by atoms with Gasteiger partial charge in [0.2, 0.25) is 11.8 Å². The Hall–Kier alpha value is -2.23. The minimum absolute atomic E-state index is 0. The molecule has 0 saturated heterocycles. The van der Waals surface area contributed by atoms with E-state index in [0.717, 1.165) is 18.7 Å². The van der Waals surface area contributed by atoms with Crippen LogP contribution >= 0.6 is 24.0 Å². The maximum absolute atomic E-state index is 11.9. The summed E-state index contributed by atoms with van der Waals surface area (Å²) in [5.74, 6) is 0.338. The molecule has 1 saturated carbocycles. The summed E-state index contributed by atoms with van der Waals surface area (Å²) in [6.45, 7) is -0.326. The van der Waals surface area contributed by atoms with E-state index in [4.69, 9.17) is 17.3 Å². The van der Waals surface area contributed by atoms with Crippen molar-refractivity contribution in [3.8, 4) is 5.69 Å². The zero-order valence-electron chi connectivity index (χ0n) is 13.1. The third-order valence-electron chi connectivity index (χ3n) is 3.53. The van der Waals surface area contributed by atoms with Gasteiger partial charge >= 0.3 is 0 Å². The van der Waals surface area contributed by atoms with Crippen molar-refractivity contribution < 1.29 is 9.59 Å². The van der Waals surface area contributed by atoms with E-state index in [2.05, 4.69) is 26.2 Å². The third kappa shape index (κ3) is 4.65. The quantitative estimate of drug-likeness (QED) is 0.668. The number of nitrogens with one attached hydrogen (secondary N) is 2. The second kappa shape index (κ2) is 8.24. The van der Waals surface area contributed by atoms with Crippen molar-refractivity contribution in [1.82, 2.24) is 25.5 Å². The van der Waals surface area contributed by atoms with Crippen LogP contribution in [-0.4, -0.2) is 45.1 Å². The van der Waals surface area contributed by atoms with E-state index in [0.29, 0.717) is 22.3 Å². The highest BCUT2D eigenvalue weighted by Gasteiger charge is 2.30. The van der Waals surface area contributed by atoms with E-state index in [1.54, 1.807) is 22.9 Å². The SMILES string of the molecule is Cl.NCC(=O)NCC(=O)Nc1ccc(Cl)c(-n2nnnc2C2CC2)c1. The van der Waals surface area contributed by atoms with Gasteiger partial charge < -0.3 is 16.4 Å². The summed E-state index contributed by atoms with van der Waals surface area (Å²) in [6, 6.07) is 5.01. The van der Waals surface area contributed by atoms with Crippen LogP contribution in [0.2, 0.25) is 5.02 Å². The summed E-state index contributed by atoms with van der Waals surface area (Å²) in [6.07, 6.45) is 2.10. The summed E-state index contributed by atoms with van der Waals surface area (Å²) in [4.78, 5) is 22.9. The first-order valence-electron chi connectivity index (χ1n) is 7.43. The minimum Gasteiger partial charge on any atom is -0.346 e. The number of carbonyl (C=O) groups excluding carboxylic acids is 2. The van der Waals surface area contributed by atoms with Crippen LogP contribution in [0.25, 0.3) is 5.69 Å². The molecule has 2 amide bonds. The van der Waals surface area contributed by atoms with Gasteiger partial charge in [0.25, 0.3) is 0 Å². The largest absolute Gasteiger partial charge is 0.346 e. The van der Waals surface area contributed by atoms with Gasteiger partial charge in [0, 0.05) is 11.6 Å². The normalized spacial score (nSPS) is 13.0. The molecular weight excluding hydrogens is 369 g/mol. The monoisotopic (exact) mass is 385 g/mol. The lowest BCUT2D eigenvalue weighted by Gasteiger charge is -2.10. The summed E-state index contributed by atoms with van der Waals surface area (Å²) in [7, 11) is 0. The number of hydrogen-bond acceptors (Lipinski definition) is 6. The van der Waals surface area contributed by atoms with Crippen molar-refractivity contribution >= 4 is 41.5 Å². The molecule has 1 aromatic carbocycles. The fourth-order valence-electron chi connectivity index (χ4n) is 2.17. The second-order valence-electron chi connectivity index (χ2n) is 5.42. The van der Waals surface area contributed by atoms with Gasteiger partial charge in [0.05, 0.1) is 23.8 Å². The summed E-state index contributed by atoms with van der Waals surface area (Å²) >= 11 is 6.24. The molecule has 0 radical (unpaired) electrons. The van der Waals surface area contributed by atoms with Crippen LogP contribution < -0.4 is 16.4 Å². The average molecular weight is 386 g/mol. The topological polar surface area (TPSA) is 128 Å². The van der Waals surface area contributed by atoms with E-state index in [1.807, 2.05) is 0 Å². The predicted octanol–water partition coefficient (Wildman–Crippen LogP) is 0.628. The number of nitrogens with two attached hydrogens (primary N) is 1. The molecule has 4 N–H and O–H groups in total. The van der Waals surface area contributed by atoms with Crippen molar-refractivity contribution in [3.63, 3.8) is 0 Å². The Morgan fingerprint density at radius 1 is 1.32 bits per heavy atom. The fourth-order valence-corrected chi connectivity index (χ4v) is 2.37. The lowest BCUT2D eigenvalue weighted by Crippen LogP contribution is -2.36.